The van der Waals surface area contributed by atoms with E-state index in [-0.39, 0.29) is 0 Å². The quantitative estimate of drug-likeness (QED) is 0.673. The summed E-state index contributed by atoms with van der Waals surface area (Å²) in [5.41, 5.74) is 4.75. The van der Waals surface area contributed by atoms with E-state index in [1.165, 1.54) is 48.8 Å². The number of hydrogen-bond donors (Lipinski definition) is 0. The Balaban J connectivity index is 1.74. The monoisotopic (exact) mass is 280 g/mol. The second-order valence-electron chi connectivity index (χ2n) is 6.23. The van der Waals surface area contributed by atoms with Gasteiger partial charge < -0.3 is 4.57 Å². The third-order valence-electron chi connectivity index (χ3n) is 4.45. The molecule has 3 rings (SSSR count). The highest BCUT2D eigenvalue weighted by atomic mass is 15.0. The van der Waals surface area contributed by atoms with Crippen LogP contribution in [0.5, 0.6) is 0 Å². The van der Waals surface area contributed by atoms with Gasteiger partial charge in [-0.3, -0.25) is 4.99 Å². The summed E-state index contributed by atoms with van der Waals surface area (Å²) in [5, 5.41) is 0. The summed E-state index contributed by atoms with van der Waals surface area (Å²) >= 11 is 0. The van der Waals surface area contributed by atoms with Gasteiger partial charge >= 0.3 is 0 Å². The molecule has 0 unspecified atom stereocenters. The maximum Gasteiger partial charge on any atom is 0.0661 e. The molecule has 110 valence electrons. The van der Waals surface area contributed by atoms with E-state index in [0.29, 0.717) is 6.04 Å². The van der Waals surface area contributed by atoms with Crippen molar-refractivity contribution in [2.24, 2.45) is 4.99 Å². The van der Waals surface area contributed by atoms with Crippen LogP contribution in [0.15, 0.2) is 41.7 Å². The largest absolute Gasteiger partial charge is 0.351 e. The number of benzene rings is 1. The summed E-state index contributed by atoms with van der Waals surface area (Å²) < 4.78 is 2.38. The van der Waals surface area contributed by atoms with Crippen LogP contribution in [-0.4, -0.2) is 10.8 Å². The molecule has 0 saturated heterocycles. The van der Waals surface area contributed by atoms with E-state index in [9.17, 15) is 0 Å². The molecule has 1 heterocycles. The fourth-order valence-electron chi connectivity index (χ4n) is 3.12. The van der Waals surface area contributed by atoms with Crippen molar-refractivity contribution < 1.29 is 0 Å². The molecule has 1 aromatic carbocycles. The first-order valence-electron chi connectivity index (χ1n) is 8.01. The first kappa shape index (κ1) is 14.1. The Bertz CT molecular complexity index is 631. The van der Waals surface area contributed by atoms with E-state index in [1.807, 2.05) is 6.21 Å². The van der Waals surface area contributed by atoms with Crippen LogP contribution in [0.3, 0.4) is 0 Å². The van der Waals surface area contributed by atoms with Crippen molar-refractivity contribution in [3.63, 3.8) is 0 Å². The van der Waals surface area contributed by atoms with Crippen LogP contribution < -0.4 is 0 Å². The third-order valence-corrected chi connectivity index (χ3v) is 4.45. The fourth-order valence-corrected chi connectivity index (χ4v) is 3.12. The van der Waals surface area contributed by atoms with Crippen molar-refractivity contribution >= 4 is 11.9 Å². The van der Waals surface area contributed by atoms with E-state index in [4.69, 9.17) is 0 Å². The molecule has 1 aromatic heterocycles. The summed E-state index contributed by atoms with van der Waals surface area (Å²) in [6.07, 6.45) is 13.2. The normalized spacial score (nSPS) is 16.7. The van der Waals surface area contributed by atoms with Crippen LogP contribution in [-0.2, 0) is 0 Å². The Morgan fingerprint density at radius 2 is 1.90 bits per heavy atom. The minimum atomic E-state index is 0.696. The average molecular weight is 280 g/mol. The molecular formula is C19H24N2. The van der Waals surface area contributed by atoms with Gasteiger partial charge in [0.2, 0.25) is 0 Å². The van der Waals surface area contributed by atoms with Crippen molar-refractivity contribution in [1.82, 2.24) is 4.57 Å². The van der Waals surface area contributed by atoms with Gasteiger partial charge in [0, 0.05) is 30.2 Å². The molecule has 0 amide bonds. The van der Waals surface area contributed by atoms with Crippen LogP contribution in [0.4, 0.5) is 5.69 Å². The number of aliphatic imine (C=N–C) groups is 1. The maximum absolute atomic E-state index is 4.66. The van der Waals surface area contributed by atoms with Crippen molar-refractivity contribution in [3.8, 4) is 0 Å². The molecule has 0 bridgehead atoms. The molecule has 1 fully saturated rings. The number of nitrogens with zero attached hydrogens (tertiary/aromatic N) is 2. The molecule has 0 radical (unpaired) electrons. The number of aromatic nitrogens is 1. The molecule has 0 atom stereocenters. The summed E-state index contributed by atoms with van der Waals surface area (Å²) in [4.78, 5) is 4.66. The van der Waals surface area contributed by atoms with Gasteiger partial charge in [0.05, 0.1) is 5.69 Å². The summed E-state index contributed by atoms with van der Waals surface area (Å²) in [6, 6.07) is 9.28. The first-order valence-corrected chi connectivity index (χ1v) is 8.01. The molecule has 2 nitrogen and oxygen atoms in total. The van der Waals surface area contributed by atoms with Gasteiger partial charge in [-0.15, -0.1) is 0 Å². The second kappa shape index (κ2) is 6.30. The Morgan fingerprint density at radius 3 is 2.71 bits per heavy atom. The average Bonchev–Trinajstić information content (AvgIpc) is 2.98. The van der Waals surface area contributed by atoms with E-state index >= 15 is 0 Å². The van der Waals surface area contributed by atoms with E-state index in [1.54, 1.807) is 0 Å². The molecule has 1 saturated carbocycles. The van der Waals surface area contributed by atoms with Crippen LogP contribution in [0, 0.1) is 13.8 Å². The molecule has 0 aliphatic heterocycles. The lowest BCUT2D eigenvalue weighted by Crippen LogP contribution is -2.10. The van der Waals surface area contributed by atoms with Gasteiger partial charge in [-0.2, -0.15) is 0 Å². The van der Waals surface area contributed by atoms with E-state index in [2.05, 4.69) is 60.1 Å². The smallest absolute Gasteiger partial charge is 0.0661 e. The lowest BCUT2D eigenvalue weighted by molar-refractivity contribution is 0.354. The SMILES string of the molecule is Cc1ccc(C)c(N=Cc2ccn(C3CCCCC3)c2)c1. The first-order chi connectivity index (χ1) is 10.2. The van der Waals surface area contributed by atoms with Gasteiger partial charge in [0.1, 0.15) is 0 Å². The van der Waals surface area contributed by atoms with E-state index in [0.717, 1.165) is 5.69 Å². The van der Waals surface area contributed by atoms with Gasteiger partial charge in [-0.1, -0.05) is 31.4 Å². The third kappa shape index (κ3) is 3.44. The summed E-state index contributed by atoms with van der Waals surface area (Å²) in [7, 11) is 0. The highest BCUT2D eigenvalue weighted by molar-refractivity contribution is 5.82. The predicted molar refractivity (Wildman–Crippen MR) is 89.7 cm³/mol. The zero-order valence-electron chi connectivity index (χ0n) is 13.0. The topological polar surface area (TPSA) is 17.3 Å². The molecule has 21 heavy (non-hydrogen) atoms. The van der Waals surface area contributed by atoms with Gasteiger partial charge in [-0.25, -0.2) is 0 Å². The molecule has 1 aliphatic rings. The molecule has 1 aliphatic carbocycles. The summed E-state index contributed by atoms with van der Waals surface area (Å²) in [6.45, 7) is 4.22. The number of rotatable bonds is 3. The molecule has 0 spiro atoms. The fraction of sp³-hybridized carbons (Fsp3) is 0.421. The maximum atomic E-state index is 4.66. The molecule has 0 N–H and O–H groups in total. The zero-order valence-corrected chi connectivity index (χ0v) is 13.0. The summed E-state index contributed by atoms with van der Waals surface area (Å²) in [5.74, 6) is 0. The lowest BCUT2D eigenvalue weighted by atomic mass is 9.95. The Kier molecular flexibility index (Phi) is 4.23. The minimum Gasteiger partial charge on any atom is -0.351 e. The lowest BCUT2D eigenvalue weighted by Gasteiger charge is -2.23. The second-order valence-corrected chi connectivity index (χ2v) is 6.23. The van der Waals surface area contributed by atoms with Gasteiger partial charge in [-0.05, 0) is 49.9 Å². The highest BCUT2D eigenvalue weighted by Gasteiger charge is 2.14. The highest BCUT2D eigenvalue weighted by Crippen LogP contribution is 2.28. The van der Waals surface area contributed by atoms with Crippen LogP contribution in [0.2, 0.25) is 0 Å². The van der Waals surface area contributed by atoms with Crippen molar-refractivity contribution in [1.29, 1.82) is 0 Å². The van der Waals surface area contributed by atoms with Crippen LogP contribution in [0.1, 0.15) is 54.8 Å². The van der Waals surface area contributed by atoms with Crippen molar-refractivity contribution in [2.75, 3.05) is 0 Å². The van der Waals surface area contributed by atoms with Gasteiger partial charge in [0.25, 0.3) is 0 Å². The standard InChI is InChI=1S/C19H24N2/c1-15-8-9-16(2)19(12-15)20-13-17-10-11-21(14-17)18-6-4-3-5-7-18/h8-14,18H,3-7H2,1-2H3. The van der Waals surface area contributed by atoms with E-state index < -0.39 is 0 Å². The Hall–Kier alpha value is -1.83. The van der Waals surface area contributed by atoms with Gasteiger partial charge in [0.15, 0.2) is 0 Å². The molecular weight excluding hydrogens is 256 g/mol. The number of aryl methyl sites for hydroxylation is 2. The zero-order chi connectivity index (χ0) is 14.7. The molecule has 2 heteroatoms. The van der Waals surface area contributed by atoms with Crippen LogP contribution >= 0.6 is 0 Å². The van der Waals surface area contributed by atoms with Crippen molar-refractivity contribution in [3.05, 3.63) is 53.3 Å². The Morgan fingerprint density at radius 1 is 1.10 bits per heavy atom. The molecule has 2 aromatic rings. The Labute approximate surface area is 127 Å². The minimum absolute atomic E-state index is 0.696. The number of hydrogen-bond acceptors (Lipinski definition) is 1. The van der Waals surface area contributed by atoms with Crippen molar-refractivity contribution in [2.45, 2.75) is 52.0 Å². The van der Waals surface area contributed by atoms with Crippen LogP contribution in [0.25, 0.3) is 0 Å². The predicted octanol–water partition coefficient (Wildman–Crippen LogP) is 5.36.